The second-order valence-electron chi connectivity index (χ2n) is 3.32. The number of pyridine rings is 1. The molecule has 1 unspecified atom stereocenters. The van der Waals surface area contributed by atoms with E-state index in [4.69, 9.17) is 4.74 Å². The second-order valence-corrected chi connectivity index (χ2v) is 3.32. The highest BCUT2D eigenvalue weighted by molar-refractivity contribution is 5.70. The van der Waals surface area contributed by atoms with Crippen molar-refractivity contribution in [1.29, 1.82) is 0 Å². The number of esters is 1. The molecular formula is C11H15NO3. The first kappa shape index (κ1) is 11.7. The number of carbonyl (C=O) groups is 1. The van der Waals surface area contributed by atoms with Crippen LogP contribution in [0.2, 0.25) is 0 Å². The summed E-state index contributed by atoms with van der Waals surface area (Å²) in [6.07, 6.45) is 2.38. The van der Waals surface area contributed by atoms with Gasteiger partial charge in [-0.2, -0.15) is 0 Å². The van der Waals surface area contributed by atoms with Crippen LogP contribution in [0, 0.1) is 6.92 Å². The van der Waals surface area contributed by atoms with Gasteiger partial charge in [0.25, 0.3) is 0 Å². The summed E-state index contributed by atoms with van der Waals surface area (Å²) in [5.41, 5.74) is 1.60. The van der Waals surface area contributed by atoms with Crippen LogP contribution in [0.4, 0.5) is 0 Å². The molecule has 1 atom stereocenters. The van der Waals surface area contributed by atoms with Crippen LogP contribution < -0.4 is 0 Å². The average molecular weight is 209 g/mol. The summed E-state index contributed by atoms with van der Waals surface area (Å²) >= 11 is 0. The van der Waals surface area contributed by atoms with Crippen LogP contribution in [-0.4, -0.2) is 22.7 Å². The fourth-order valence-corrected chi connectivity index (χ4v) is 1.26. The largest absolute Gasteiger partial charge is 0.466 e. The number of rotatable bonds is 4. The van der Waals surface area contributed by atoms with Crippen LogP contribution in [0.15, 0.2) is 18.5 Å². The molecule has 1 aromatic heterocycles. The number of nitrogens with zero attached hydrogens (tertiary/aromatic N) is 1. The van der Waals surface area contributed by atoms with E-state index in [-0.39, 0.29) is 6.42 Å². The molecule has 0 aromatic carbocycles. The van der Waals surface area contributed by atoms with Gasteiger partial charge in [-0.05, 0) is 25.0 Å². The molecule has 0 amide bonds. The summed E-state index contributed by atoms with van der Waals surface area (Å²) in [6.45, 7) is 3.95. The molecule has 0 aliphatic rings. The molecule has 1 heterocycles. The molecular weight excluding hydrogens is 194 g/mol. The van der Waals surface area contributed by atoms with Gasteiger partial charge in [0.1, 0.15) is 0 Å². The molecule has 15 heavy (non-hydrogen) atoms. The highest BCUT2D eigenvalue weighted by Crippen LogP contribution is 2.16. The molecule has 1 rings (SSSR count). The van der Waals surface area contributed by atoms with Crippen LogP contribution in [0.3, 0.4) is 0 Å². The molecule has 1 N–H and O–H groups in total. The SMILES string of the molecule is CCOC(=O)CC(O)c1cncc(C)c1. The maximum atomic E-state index is 11.1. The zero-order valence-corrected chi connectivity index (χ0v) is 8.93. The molecule has 82 valence electrons. The summed E-state index contributed by atoms with van der Waals surface area (Å²) in [5.74, 6) is -0.397. The summed E-state index contributed by atoms with van der Waals surface area (Å²) in [6, 6.07) is 1.80. The van der Waals surface area contributed by atoms with E-state index in [1.54, 1.807) is 25.4 Å². The van der Waals surface area contributed by atoms with Crippen molar-refractivity contribution >= 4 is 5.97 Å². The number of aliphatic hydroxyl groups is 1. The van der Waals surface area contributed by atoms with E-state index in [1.807, 2.05) is 6.92 Å². The number of carbonyl (C=O) groups excluding carboxylic acids is 1. The smallest absolute Gasteiger partial charge is 0.308 e. The maximum absolute atomic E-state index is 11.1. The molecule has 1 aromatic rings. The summed E-state index contributed by atoms with van der Waals surface area (Å²) in [4.78, 5) is 15.1. The normalized spacial score (nSPS) is 12.2. The van der Waals surface area contributed by atoms with Gasteiger partial charge in [0.2, 0.25) is 0 Å². The lowest BCUT2D eigenvalue weighted by molar-refractivity contribution is -0.145. The van der Waals surface area contributed by atoms with Crippen molar-refractivity contribution in [2.75, 3.05) is 6.61 Å². The van der Waals surface area contributed by atoms with E-state index < -0.39 is 12.1 Å². The minimum Gasteiger partial charge on any atom is -0.466 e. The van der Waals surface area contributed by atoms with Crippen LogP contribution in [-0.2, 0) is 9.53 Å². The van der Waals surface area contributed by atoms with Gasteiger partial charge in [-0.3, -0.25) is 9.78 Å². The number of ether oxygens (including phenoxy) is 1. The Morgan fingerprint density at radius 2 is 2.33 bits per heavy atom. The summed E-state index contributed by atoms with van der Waals surface area (Å²) < 4.78 is 4.74. The van der Waals surface area contributed by atoms with Gasteiger partial charge >= 0.3 is 5.97 Å². The molecule has 4 heteroatoms. The van der Waals surface area contributed by atoms with Crippen molar-refractivity contribution < 1.29 is 14.6 Å². The molecule has 0 aliphatic heterocycles. The third kappa shape index (κ3) is 3.67. The molecule has 0 aliphatic carbocycles. The van der Waals surface area contributed by atoms with E-state index in [1.165, 1.54) is 0 Å². The minimum absolute atomic E-state index is 0.0288. The Bertz CT molecular complexity index is 338. The Morgan fingerprint density at radius 1 is 1.60 bits per heavy atom. The Labute approximate surface area is 88.9 Å². The number of aliphatic hydroxyl groups excluding tert-OH is 1. The first-order valence-corrected chi connectivity index (χ1v) is 4.88. The van der Waals surface area contributed by atoms with Crippen molar-refractivity contribution in [1.82, 2.24) is 4.98 Å². The van der Waals surface area contributed by atoms with E-state index in [9.17, 15) is 9.90 Å². The van der Waals surface area contributed by atoms with Gasteiger partial charge in [0.05, 0.1) is 19.1 Å². The van der Waals surface area contributed by atoms with Gasteiger partial charge in [-0.15, -0.1) is 0 Å². The molecule has 4 nitrogen and oxygen atoms in total. The monoisotopic (exact) mass is 209 g/mol. The van der Waals surface area contributed by atoms with Crippen molar-refractivity contribution in [2.24, 2.45) is 0 Å². The number of hydrogen-bond acceptors (Lipinski definition) is 4. The summed E-state index contributed by atoms with van der Waals surface area (Å²) in [7, 11) is 0. The molecule has 0 fully saturated rings. The standard InChI is InChI=1S/C11H15NO3/c1-3-15-11(14)5-10(13)9-4-8(2)6-12-7-9/h4,6-7,10,13H,3,5H2,1-2H3. The highest BCUT2D eigenvalue weighted by atomic mass is 16.5. The quantitative estimate of drug-likeness (QED) is 0.761. The van der Waals surface area contributed by atoms with Crippen molar-refractivity contribution in [3.05, 3.63) is 29.6 Å². The molecule has 0 saturated carbocycles. The maximum Gasteiger partial charge on any atom is 0.308 e. The Morgan fingerprint density at radius 3 is 2.93 bits per heavy atom. The average Bonchev–Trinajstić information content (AvgIpc) is 2.18. The van der Waals surface area contributed by atoms with Gasteiger partial charge in [0, 0.05) is 12.4 Å². The van der Waals surface area contributed by atoms with E-state index in [0.29, 0.717) is 12.2 Å². The third-order valence-electron chi connectivity index (χ3n) is 1.95. The first-order chi connectivity index (χ1) is 7.13. The van der Waals surface area contributed by atoms with Gasteiger partial charge in [0.15, 0.2) is 0 Å². The lowest BCUT2D eigenvalue weighted by Crippen LogP contribution is -2.10. The Balaban J connectivity index is 2.60. The lowest BCUT2D eigenvalue weighted by atomic mass is 10.1. The van der Waals surface area contributed by atoms with Gasteiger partial charge in [-0.25, -0.2) is 0 Å². The molecule has 0 radical (unpaired) electrons. The number of aromatic nitrogens is 1. The number of hydrogen-bond donors (Lipinski definition) is 1. The van der Waals surface area contributed by atoms with Gasteiger partial charge < -0.3 is 9.84 Å². The molecule has 0 spiro atoms. The Hall–Kier alpha value is -1.42. The predicted molar refractivity (Wildman–Crippen MR) is 55.2 cm³/mol. The van der Waals surface area contributed by atoms with Crippen molar-refractivity contribution in [2.45, 2.75) is 26.4 Å². The van der Waals surface area contributed by atoms with E-state index in [0.717, 1.165) is 5.56 Å². The zero-order chi connectivity index (χ0) is 11.3. The van der Waals surface area contributed by atoms with Gasteiger partial charge in [-0.1, -0.05) is 6.07 Å². The second kappa shape index (κ2) is 5.46. The third-order valence-corrected chi connectivity index (χ3v) is 1.95. The van der Waals surface area contributed by atoms with Crippen molar-refractivity contribution in [3.8, 4) is 0 Å². The fraction of sp³-hybridized carbons (Fsp3) is 0.455. The van der Waals surface area contributed by atoms with Crippen molar-refractivity contribution in [3.63, 3.8) is 0 Å². The van der Waals surface area contributed by atoms with E-state index >= 15 is 0 Å². The molecule has 0 bridgehead atoms. The van der Waals surface area contributed by atoms with E-state index in [2.05, 4.69) is 4.98 Å². The van der Waals surface area contributed by atoms with Crippen LogP contribution in [0.1, 0.15) is 30.6 Å². The Kier molecular flexibility index (Phi) is 4.24. The van der Waals surface area contributed by atoms with Crippen LogP contribution in [0.5, 0.6) is 0 Å². The highest BCUT2D eigenvalue weighted by Gasteiger charge is 2.13. The minimum atomic E-state index is -0.837. The topological polar surface area (TPSA) is 59.4 Å². The first-order valence-electron chi connectivity index (χ1n) is 4.88. The zero-order valence-electron chi connectivity index (χ0n) is 8.93. The number of aryl methyl sites for hydroxylation is 1. The lowest BCUT2D eigenvalue weighted by Gasteiger charge is -2.10. The predicted octanol–water partition coefficient (Wildman–Crippen LogP) is 1.38. The van der Waals surface area contributed by atoms with Crippen LogP contribution >= 0.6 is 0 Å². The fourth-order valence-electron chi connectivity index (χ4n) is 1.26. The molecule has 0 saturated heterocycles. The summed E-state index contributed by atoms with van der Waals surface area (Å²) in [5, 5.41) is 9.70. The van der Waals surface area contributed by atoms with Crippen LogP contribution in [0.25, 0.3) is 0 Å².